The predicted molar refractivity (Wildman–Crippen MR) is 112 cm³/mol. The fourth-order valence-electron chi connectivity index (χ4n) is 4.06. The molecule has 2 fully saturated rings. The normalized spacial score (nSPS) is 19.5. The summed E-state index contributed by atoms with van der Waals surface area (Å²) in [5.41, 5.74) is -0.381. The van der Waals surface area contributed by atoms with Crippen LogP contribution in [0.3, 0.4) is 0 Å². The summed E-state index contributed by atoms with van der Waals surface area (Å²) in [6.45, 7) is 3.55. The van der Waals surface area contributed by atoms with Crippen molar-refractivity contribution < 1.29 is 24.2 Å². The van der Waals surface area contributed by atoms with Crippen LogP contribution in [0.2, 0.25) is 0 Å². The van der Waals surface area contributed by atoms with Crippen LogP contribution in [0.25, 0.3) is 10.9 Å². The number of anilines is 1. The minimum absolute atomic E-state index is 0. The highest BCUT2D eigenvalue weighted by Gasteiger charge is 2.33. The number of carboxylic acids is 2. The van der Waals surface area contributed by atoms with Gasteiger partial charge >= 0.3 is 11.9 Å². The van der Waals surface area contributed by atoms with E-state index in [0.717, 1.165) is 18.9 Å². The van der Waals surface area contributed by atoms with Gasteiger partial charge in [0.05, 0.1) is 11.2 Å². The van der Waals surface area contributed by atoms with Crippen molar-refractivity contribution in [3.8, 4) is 0 Å². The van der Waals surface area contributed by atoms with E-state index in [1.54, 1.807) is 15.5 Å². The lowest BCUT2D eigenvalue weighted by Gasteiger charge is -2.40. The zero-order chi connectivity index (χ0) is 20.9. The van der Waals surface area contributed by atoms with Gasteiger partial charge in [0.15, 0.2) is 0 Å². The molecule has 1 unspecified atom stereocenters. The van der Waals surface area contributed by atoms with Crippen LogP contribution in [0.4, 0.5) is 10.1 Å². The number of piperazine rings is 1. The zero-order valence-corrected chi connectivity index (χ0v) is 17.2. The van der Waals surface area contributed by atoms with Gasteiger partial charge in [0.1, 0.15) is 17.4 Å². The maximum atomic E-state index is 15.0. The van der Waals surface area contributed by atoms with Crippen LogP contribution in [0.15, 0.2) is 23.1 Å². The molecule has 2 N–H and O–H groups in total. The summed E-state index contributed by atoms with van der Waals surface area (Å²) in [6.07, 6.45) is 3.06. The fraction of sp³-hybridized carbons (Fsp3) is 0.450. The van der Waals surface area contributed by atoms with E-state index in [0.29, 0.717) is 25.2 Å². The molecular formula is C20H23ClFN3O5. The Kier molecular flexibility index (Phi) is 6.05. The van der Waals surface area contributed by atoms with Crippen molar-refractivity contribution in [2.75, 3.05) is 31.1 Å². The highest BCUT2D eigenvalue weighted by Crippen LogP contribution is 2.38. The second-order valence-electron chi connectivity index (χ2n) is 7.56. The molecule has 1 saturated heterocycles. The Morgan fingerprint density at radius 1 is 1.20 bits per heavy atom. The van der Waals surface area contributed by atoms with Crippen LogP contribution in [0.5, 0.6) is 0 Å². The molecule has 1 aliphatic heterocycles. The van der Waals surface area contributed by atoms with Gasteiger partial charge in [-0.1, -0.05) is 6.92 Å². The average Bonchev–Trinajstić information content (AvgIpc) is 3.52. The van der Waals surface area contributed by atoms with Gasteiger partial charge in [0, 0.05) is 37.3 Å². The van der Waals surface area contributed by atoms with E-state index < -0.39 is 29.2 Å². The molecule has 1 aromatic heterocycles. The highest BCUT2D eigenvalue weighted by molar-refractivity contribution is 5.93. The van der Waals surface area contributed by atoms with Crippen molar-refractivity contribution in [3.05, 3.63) is 39.9 Å². The number of carbonyl (C=O) groups is 2. The number of fused-ring (bicyclic) bond motifs is 1. The van der Waals surface area contributed by atoms with Crippen molar-refractivity contribution in [2.45, 2.75) is 31.8 Å². The molecule has 8 nitrogen and oxygen atoms in total. The number of rotatable bonds is 5. The topological polar surface area (TPSA) is 103 Å². The van der Waals surface area contributed by atoms with Gasteiger partial charge < -0.3 is 19.7 Å². The van der Waals surface area contributed by atoms with Crippen molar-refractivity contribution in [1.82, 2.24) is 9.47 Å². The molecule has 0 bridgehead atoms. The first-order chi connectivity index (χ1) is 13.8. The summed E-state index contributed by atoms with van der Waals surface area (Å²) in [5, 5.41) is 18.9. The zero-order valence-electron chi connectivity index (χ0n) is 16.4. The summed E-state index contributed by atoms with van der Waals surface area (Å²) in [4.78, 5) is 39.2. The fourth-order valence-corrected chi connectivity index (χ4v) is 4.06. The van der Waals surface area contributed by atoms with Crippen molar-refractivity contribution in [2.24, 2.45) is 0 Å². The summed E-state index contributed by atoms with van der Waals surface area (Å²) in [5.74, 6) is -2.96. The van der Waals surface area contributed by atoms with Gasteiger partial charge in [-0.25, -0.2) is 9.18 Å². The van der Waals surface area contributed by atoms with Gasteiger partial charge in [0.25, 0.3) is 0 Å². The van der Waals surface area contributed by atoms with Crippen LogP contribution < -0.4 is 10.3 Å². The van der Waals surface area contributed by atoms with E-state index in [4.69, 9.17) is 0 Å². The smallest absolute Gasteiger partial charge is 0.341 e. The highest BCUT2D eigenvalue weighted by atomic mass is 35.5. The van der Waals surface area contributed by atoms with Crippen LogP contribution >= 0.6 is 12.4 Å². The quantitative estimate of drug-likeness (QED) is 0.736. The average molecular weight is 440 g/mol. The Labute approximate surface area is 177 Å². The maximum Gasteiger partial charge on any atom is 0.341 e. The Morgan fingerprint density at radius 2 is 1.90 bits per heavy atom. The number of nitrogens with zero attached hydrogens (tertiary/aromatic N) is 3. The Morgan fingerprint density at radius 3 is 2.47 bits per heavy atom. The molecule has 10 heteroatoms. The second-order valence-corrected chi connectivity index (χ2v) is 7.56. The van der Waals surface area contributed by atoms with E-state index in [9.17, 15) is 29.0 Å². The largest absolute Gasteiger partial charge is 0.480 e. The molecule has 1 saturated carbocycles. The number of benzene rings is 1. The number of hydrogen-bond donors (Lipinski definition) is 2. The number of carboxylic acid groups (broad SMARTS) is 2. The van der Waals surface area contributed by atoms with Gasteiger partial charge in [-0.15, -0.1) is 12.4 Å². The van der Waals surface area contributed by atoms with Crippen molar-refractivity contribution in [1.29, 1.82) is 0 Å². The minimum atomic E-state index is -1.34. The number of pyridine rings is 1. The third kappa shape index (κ3) is 3.75. The molecular weight excluding hydrogens is 417 g/mol. The van der Waals surface area contributed by atoms with Crippen molar-refractivity contribution in [3.63, 3.8) is 0 Å². The molecule has 1 aromatic carbocycles. The first-order valence-electron chi connectivity index (χ1n) is 9.65. The standard InChI is InChI=1S/C20H22FN3O5.ClH/c1-2-22-5-6-23(10-17(22)20(28)29)16-8-15-12(7-14(16)21)18(25)13(19(26)27)9-24(15)11-3-4-11;/h7-9,11,17H,2-6,10H2,1H3,(H,26,27)(H,28,29);1H. The second kappa shape index (κ2) is 8.23. The number of hydrogen-bond acceptors (Lipinski definition) is 5. The van der Waals surface area contributed by atoms with Crippen LogP contribution in [0, 0.1) is 5.82 Å². The maximum absolute atomic E-state index is 15.0. The monoisotopic (exact) mass is 439 g/mol. The lowest BCUT2D eigenvalue weighted by Crippen LogP contribution is -2.56. The third-order valence-electron chi connectivity index (χ3n) is 5.79. The first kappa shape index (κ1) is 22.0. The summed E-state index contributed by atoms with van der Waals surface area (Å²) < 4.78 is 16.7. The van der Waals surface area contributed by atoms with Gasteiger partial charge in [-0.2, -0.15) is 0 Å². The molecule has 1 aliphatic carbocycles. The number of likely N-dealkylation sites (N-methyl/N-ethyl adjacent to an activating group) is 1. The van der Waals surface area contributed by atoms with Crippen molar-refractivity contribution >= 4 is 40.9 Å². The Bertz CT molecular complexity index is 1070. The van der Waals surface area contributed by atoms with E-state index in [1.165, 1.54) is 6.20 Å². The Balaban J connectivity index is 0.00000256. The van der Waals surface area contributed by atoms with Gasteiger partial charge in [0.2, 0.25) is 5.43 Å². The SMILES string of the molecule is CCN1CCN(c2cc3c(cc2F)c(=O)c(C(=O)O)cn3C2CC2)CC1C(=O)O.Cl. The molecule has 1 atom stereocenters. The molecule has 2 heterocycles. The van der Waals surface area contributed by atoms with E-state index in [2.05, 4.69) is 0 Å². The number of aromatic nitrogens is 1. The molecule has 0 amide bonds. The molecule has 2 aromatic rings. The molecule has 4 rings (SSSR count). The van der Waals surface area contributed by atoms with Gasteiger partial charge in [-0.05, 0) is 31.5 Å². The molecule has 2 aliphatic rings. The van der Waals surface area contributed by atoms with Crippen LogP contribution in [-0.2, 0) is 4.79 Å². The number of aromatic carboxylic acids is 1. The molecule has 0 spiro atoms. The molecule has 30 heavy (non-hydrogen) atoms. The summed E-state index contributed by atoms with van der Waals surface area (Å²) >= 11 is 0. The predicted octanol–water partition coefficient (Wildman–Crippen LogP) is 2.19. The Hall–Kier alpha value is -2.65. The lowest BCUT2D eigenvalue weighted by molar-refractivity contribution is -0.143. The van der Waals surface area contributed by atoms with E-state index in [-0.39, 0.29) is 41.6 Å². The summed E-state index contributed by atoms with van der Waals surface area (Å²) in [7, 11) is 0. The van der Waals surface area contributed by atoms with E-state index >= 15 is 0 Å². The van der Waals surface area contributed by atoms with Gasteiger partial charge in [-0.3, -0.25) is 14.5 Å². The van der Waals surface area contributed by atoms with Crippen LogP contribution in [-0.4, -0.2) is 63.8 Å². The lowest BCUT2D eigenvalue weighted by atomic mass is 10.1. The number of halogens is 2. The summed E-state index contributed by atoms with van der Waals surface area (Å²) in [6, 6.07) is 1.97. The third-order valence-corrected chi connectivity index (χ3v) is 5.79. The van der Waals surface area contributed by atoms with Crippen LogP contribution in [0.1, 0.15) is 36.2 Å². The minimum Gasteiger partial charge on any atom is -0.480 e. The molecule has 0 radical (unpaired) electrons. The van der Waals surface area contributed by atoms with E-state index in [1.807, 2.05) is 11.8 Å². The first-order valence-corrected chi connectivity index (χ1v) is 9.65. The number of aliphatic carboxylic acids is 1. The molecule has 162 valence electrons.